The quantitative estimate of drug-likeness (QED) is 0.346. The van der Waals surface area contributed by atoms with Crippen molar-refractivity contribution in [3.8, 4) is 0 Å². The number of hydrogen-bond acceptors (Lipinski definition) is 2. The number of nitrogens with zero attached hydrogens (tertiary/aromatic N) is 1. The number of benzene rings is 1. The van der Waals surface area contributed by atoms with E-state index in [9.17, 15) is 4.79 Å². The number of carbonyl (C=O) groups is 1. The highest BCUT2D eigenvalue weighted by Crippen LogP contribution is 2.28. The van der Waals surface area contributed by atoms with Crippen LogP contribution < -0.4 is 24.0 Å². The van der Waals surface area contributed by atoms with Crippen molar-refractivity contribution in [2.75, 3.05) is 33.3 Å². The molecule has 0 spiro atoms. The lowest BCUT2D eigenvalue weighted by molar-refractivity contribution is -0.906. The second-order valence-electron chi connectivity index (χ2n) is 6.16. The van der Waals surface area contributed by atoms with Crippen LogP contribution in [-0.4, -0.2) is 43.7 Å². The van der Waals surface area contributed by atoms with Crippen LogP contribution in [-0.2, 0) is 14.9 Å². The first-order chi connectivity index (χ1) is 9.91. The fourth-order valence-corrected chi connectivity index (χ4v) is 2.33. The maximum Gasteiger partial charge on any atom is 0.316 e. The number of halogens is 1. The maximum absolute atomic E-state index is 12.5. The second-order valence-corrected chi connectivity index (χ2v) is 6.16. The van der Waals surface area contributed by atoms with Gasteiger partial charge in [-0.3, -0.25) is 4.79 Å². The molecule has 0 aliphatic rings. The molecule has 0 N–H and O–H groups in total. The maximum atomic E-state index is 12.5. The Hall–Kier alpha value is -0.620. The SMILES string of the molecule is CCC(C)(C(=O)OCC[N+](C)(CC)CC)c1ccccc1.[I-]. The molecule has 1 unspecified atom stereocenters. The Balaban J connectivity index is 0.00000441. The van der Waals surface area contributed by atoms with E-state index in [0.29, 0.717) is 6.61 Å². The van der Waals surface area contributed by atoms with Gasteiger partial charge >= 0.3 is 5.97 Å². The zero-order valence-electron chi connectivity index (χ0n) is 14.6. The van der Waals surface area contributed by atoms with E-state index < -0.39 is 5.41 Å². The summed E-state index contributed by atoms with van der Waals surface area (Å²) in [6.45, 7) is 11.8. The molecule has 1 aromatic rings. The molecule has 1 aromatic carbocycles. The third-order valence-corrected chi connectivity index (χ3v) is 4.96. The van der Waals surface area contributed by atoms with Crippen LogP contribution in [0.3, 0.4) is 0 Å². The highest BCUT2D eigenvalue weighted by atomic mass is 127. The minimum atomic E-state index is -0.552. The van der Waals surface area contributed by atoms with Crippen molar-refractivity contribution >= 4 is 5.97 Å². The minimum absolute atomic E-state index is 0. The number of likely N-dealkylation sites (N-methyl/N-ethyl adjacent to an activating group) is 1. The van der Waals surface area contributed by atoms with E-state index in [2.05, 4.69) is 20.9 Å². The number of ether oxygens (including phenoxy) is 1. The van der Waals surface area contributed by atoms with Gasteiger partial charge in [0.05, 0.1) is 25.6 Å². The molecule has 0 saturated carbocycles. The summed E-state index contributed by atoms with van der Waals surface area (Å²) in [6, 6.07) is 9.92. The van der Waals surface area contributed by atoms with Gasteiger partial charge in [0, 0.05) is 0 Å². The van der Waals surface area contributed by atoms with Crippen LogP contribution in [0.2, 0.25) is 0 Å². The van der Waals surface area contributed by atoms with Gasteiger partial charge < -0.3 is 33.2 Å². The molecule has 22 heavy (non-hydrogen) atoms. The van der Waals surface area contributed by atoms with Crippen LogP contribution >= 0.6 is 0 Å². The van der Waals surface area contributed by atoms with Crippen LogP contribution in [0.25, 0.3) is 0 Å². The molecule has 0 aromatic heterocycles. The molecule has 0 saturated heterocycles. The highest BCUT2D eigenvalue weighted by molar-refractivity contribution is 5.82. The van der Waals surface area contributed by atoms with Gasteiger partial charge in [0.15, 0.2) is 0 Å². The standard InChI is InChI=1S/C18H30NO2.HI/c1-6-18(4,16-12-10-9-11-13-16)17(20)21-15-14-19(5,7-2)8-3;/h9-13H,6-8,14-15H2,1-5H3;1H/q+1;/p-1. The molecule has 4 heteroatoms. The molecule has 1 rings (SSSR count). The zero-order valence-corrected chi connectivity index (χ0v) is 16.7. The van der Waals surface area contributed by atoms with Gasteiger partial charge in [-0.15, -0.1) is 0 Å². The molecule has 3 nitrogen and oxygen atoms in total. The van der Waals surface area contributed by atoms with E-state index in [-0.39, 0.29) is 29.9 Å². The topological polar surface area (TPSA) is 26.3 Å². The van der Waals surface area contributed by atoms with Gasteiger partial charge in [0.25, 0.3) is 0 Å². The van der Waals surface area contributed by atoms with Crippen molar-refractivity contribution in [3.63, 3.8) is 0 Å². The molecule has 1 atom stereocenters. The first kappa shape index (κ1) is 21.4. The summed E-state index contributed by atoms with van der Waals surface area (Å²) in [5, 5.41) is 0. The van der Waals surface area contributed by atoms with E-state index in [1.807, 2.05) is 44.2 Å². The summed E-state index contributed by atoms with van der Waals surface area (Å²) in [7, 11) is 2.20. The zero-order chi connectivity index (χ0) is 15.9. The van der Waals surface area contributed by atoms with Crippen LogP contribution in [0.4, 0.5) is 0 Å². The number of rotatable bonds is 8. The van der Waals surface area contributed by atoms with E-state index in [1.165, 1.54) is 0 Å². The molecule has 0 radical (unpaired) electrons. The van der Waals surface area contributed by atoms with E-state index >= 15 is 0 Å². The van der Waals surface area contributed by atoms with Crippen molar-refractivity contribution in [3.05, 3.63) is 35.9 Å². The largest absolute Gasteiger partial charge is 1.00 e. The van der Waals surface area contributed by atoms with E-state index in [0.717, 1.165) is 36.1 Å². The summed E-state index contributed by atoms with van der Waals surface area (Å²) >= 11 is 0. The molecule has 0 amide bonds. The van der Waals surface area contributed by atoms with Crippen molar-refractivity contribution in [2.45, 2.75) is 39.5 Å². The predicted octanol–water partition coefficient (Wildman–Crippen LogP) is 0.388. The molecular formula is C18H30INO2. The summed E-state index contributed by atoms with van der Waals surface area (Å²) in [5.41, 5.74) is 0.476. The lowest BCUT2D eigenvalue weighted by atomic mass is 9.80. The molecular weight excluding hydrogens is 389 g/mol. The van der Waals surface area contributed by atoms with Gasteiger partial charge in [-0.25, -0.2) is 0 Å². The Morgan fingerprint density at radius 3 is 2.14 bits per heavy atom. The molecule has 0 bridgehead atoms. The second kappa shape index (κ2) is 9.50. The fourth-order valence-electron chi connectivity index (χ4n) is 2.33. The fraction of sp³-hybridized carbons (Fsp3) is 0.611. The average Bonchev–Trinajstić information content (AvgIpc) is 2.54. The third-order valence-electron chi connectivity index (χ3n) is 4.96. The number of esters is 1. The van der Waals surface area contributed by atoms with E-state index in [4.69, 9.17) is 4.74 Å². The summed E-state index contributed by atoms with van der Waals surface area (Å²) in [4.78, 5) is 12.5. The lowest BCUT2D eigenvalue weighted by Gasteiger charge is -2.32. The summed E-state index contributed by atoms with van der Waals surface area (Å²) < 4.78 is 6.53. The Morgan fingerprint density at radius 1 is 1.14 bits per heavy atom. The molecule has 0 fully saturated rings. The van der Waals surface area contributed by atoms with Crippen molar-refractivity contribution in [1.29, 1.82) is 0 Å². The van der Waals surface area contributed by atoms with Crippen molar-refractivity contribution < 1.29 is 38.0 Å². The average molecular weight is 419 g/mol. The molecule has 0 aliphatic carbocycles. The first-order valence-corrected chi connectivity index (χ1v) is 7.98. The van der Waals surface area contributed by atoms with Crippen LogP contribution in [0, 0.1) is 0 Å². The first-order valence-electron chi connectivity index (χ1n) is 7.98. The molecule has 0 aliphatic heterocycles. The van der Waals surface area contributed by atoms with Crippen LogP contribution in [0.5, 0.6) is 0 Å². The molecule has 0 heterocycles. The minimum Gasteiger partial charge on any atom is -1.00 e. The van der Waals surface area contributed by atoms with Gasteiger partial charge in [0.1, 0.15) is 13.2 Å². The number of quaternary nitrogens is 1. The predicted molar refractivity (Wildman–Crippen MR) is 87.2 cm³/mol. The highest BCUT2D eigenvalue weighted by Gasteiger charge is 2.35. The van der Waals surface area contributed by atoms with Gasteiger partial charge in [0.2, 0.25) is 0 Å². The Labute approximate surface area is 152 Å². The van der Waals surface area contributed by atoms with Crippen molar-refractivity contribution in [1.82, 2.24) is 0 Å². The Morgan fingerprint density at radius 2 is 1.68 bits per heavy atom. The summed E-state index contributed by atoms with van der Waals surface area (Å²) in [6.07, 6.45) is 0.740. The van der Waals surface area contributed by atoms with Crippen LogP contribution in [0.1, 0.15) is 39.7 Å². The number of carbonyl (C=O) groups excluding carboxylic acids is 1. The summed E-state index contributed by atoms with van der Waals surface area (Å²) in [5.74, 6) is -0.116. The Bertz CT molecular complexity index is 446. The smallest absolute Gasteiger partial charge is 0.316 e. The van der Waals surface area contributed by atoms with E-state index in [1.54, 1.807) is 0 Å². The van der Waals surface area contributed by atoms with Gasteiger partial charge in [-0.05, 0) is 32.8 Å². The molecule has 126 valence electrons. The normalized spacial score (nSPS) is 13.9. The van der Waals surface area contributed by atoms with Gasteiger partial charge in [-0.2, -0.15) is 0 Å². The Kier molecular flexibility index (Phi) is 9.24. The number of hydrogen-bond donors (Lipinski definition) is 0. The lowest BCUT2D eigenvalue weighted by Crippen LogP contribution is -3.00. The van der Waals surface area contributed by atoms with Crippen molar-refractivity contribution in [2.24, 2.45) is 0 Å². The third kappa shape index (κ3) is 5.23. The monoisotopic (exact) mass is 419 g/mol. The van der Waals surface area contributed by atoms with Gasteiger partial charge in [-0.1, -0.05) is 37.3 Å². The van der Waals surface area contributed by atoms with Crippen LogP contribution in [0.15, 0.2) is 30.3 Å².